The third-order valence-corrected chi connectivity index (χ3v) is 4.58. The van der Waals surface area contributed by atoms with E-state index in [1.54, 1.807) is 17.7 Å². The molecule has 3 rings (SSSR count). The van der Waals surface area contributed by atoms with Crippen LogP contribution in [0.2, 0.25) is 0 Å². The molecule has 0 aliphatic carbocycles. The average molecular weight is 290 g/mol. The van der Waals surface area contributed by atoms with Crippen LogP contribution in [0.25, 0.3) is 10.2 Å². The summed E-state index contributed by atoms with van der Waals surface area (Å²) in [6.45, 7) is 7.50. The number of rotatable bonds is 3. The Hall–Kier alpha value is -1.69. The predicted molar refractivity (Wildman–Crippen MR) is 81.1 cm³/mol. The molecule has 1 amide bonds. The molecule has 0 radical (unpaired) electrons. The number of hydrogen-bond donors (Lipinski definition) is 1. The maximum Gasteiger partial charge on any atom is 0.226 e. The summed E-state index contributed by atoms with van der Waals surface area (Å²) in [5.41, 5.74) is 2.21. The number of fused-ring (bicyclic) bond motifs is 1. The normalized spacial score (nSPS) is 15.7. The van der Waals surface area contributed by atoms with Crippen molar-refractivity contribution in [1.82, 2.24) is 15.3 Å². The number of anilines is 1. The molecule has 3 heterocycles. The molecular formula is C14H18N4OS. The van der Waals surface area contributed by atoms with E-state index in [4.69, 9.17) is 0 Å². The van der Waals surface area contributed by atoms with Crippen molar-refractivity contribution in [3.63, 3.8) is 0 Å². The first-order valence-electron chi connectivity index (χ1n) is 6.80. The first-order chi connectivity index (χ1) is 9.56. The van der Waals surface area contributed by atoms with Gasteiger partial charge >= 0.3 is 0 Å². The summed E-state index contributed by atoms with van der Waals surface area (Å²) in [6, 6.07) is 0.197. The molecule has 0 atom stereocenters. The highest BCUT2D eigenvalue weighted by Crippen LogP contribution is 2.34. The molecule has 1 N–H and O–H groups in total. The Balaban J connectivity index is 1.74. The molecule has 0 saturated carbocycles. The summed E-state index contributed by atoms with van der Waals surface area (Å²) in [5.74, 6) is 1.18. The van der Waals surface area contributed by atoms with Gasteiger partial charge in [0.25, 0.3) is 0 Å². The van der Waals surface area contributed by atoms with Crippen molar-refractivity contribution in [1.29, 1.82) is 0 Å². The first kappa shape index (κ1) is 13.3. The van der Waals surface area contributed by atoms with E-state index < -0.39 is 0 Å². The van der Waals surface area contributed by atoms with Crippen LogP contribution >= 0.6 is 11.3 Å². The van der Waals surface area contributed by atoms with Gasteiger partial charge in [-0.3, -0.25) is 4.79 Å². The SMILES string of the molecule is Cc1csc2c(N3CC(C(=O)NC(C)C)C3)ncnc12. The van der Waals surface area contributed by atoms with E-state index >= 15 is 0 Å². The van der Waals surface area contributed by atoms with Crippen molar-refractivity contribution in [2.45, 2.75) is 26.8 Å². The molecule has 106 valence electrons. The Kier molecular flexibility index (Phi) is 3.33. The van der Waals surface area contributed by atoms with E-state index in [2.05, 4.69) is 32.5 Å². The molecule has 20 heavy (non-hydrogen) atoms. The molecule has 0 spiro atoms. The van der Waals surface area contributed by atoms with Crippen molar-refractivity contribution >= 4 is 33.3 Å². The van der Waals surface area contributed by atoms with E-state index in [9.17, 15) is 4.79 Å². The smallest absolute Gasteiger partial charge is 0.226 e. The molecule has 2 aromatic heterocycles. The van der Waals surface area contributed by atoms with Crippen LogP contribution < -0.4 is 10.2 Å². The number of aromatic nitrogens is 2. The maximum absolute atomic E-state index is 11.9. The second kappa shape index (κ2) is 5.01. The molecule has 0 bridgehead atoms. The monoisotopic (exact) mass is 290 g/mol. The van der Waals surface area contributed by atoms with Gasteiger partial charge in [0.05, 0.1) is 16.1 Å². The lowest BCUT2D eigenvalue weighted by molar-refractivity contribution is -0.126. The molecular weight excluding hydrogens is 272 g/mol. The van der Waals surface area contributed by atoms with E-state index in [0.717, 1.165) is 29.1 Å². The quantitative estimate of drug-likeness (QED) is 0.939. The summed E-state index contributed by atoms with van der Waals surface area (Å²) in [6.07, 6.45) is 1.61. The number of hydrogen-bond acceptors (Lipinski definition) is 5. The highest BCUT2D eigenvalue weighted by atomic mass is 32.1. The Labute approximate surface area is 122 Å². The zero-order valence-corrected chi connectivity index (χ0v) is 12.7. The lowest BCUT2D eigenvalue weighted by Crippen LogP contribution is -2.55. The van der Waals surface area contributed by atoms with Gasteiger partial charge < -0.3 is 10.2 Å². The summed E-state index contributed by atoms with van der Waals surface area (Å²) >= 11 is 1.67. The second-order valence-electron chi connectivity index (χ2n) is 5.56. The van der Waals surface area contributed by atoms with E-state index in [1.165, 1.54) is 5.56 Å². The van der Waals surface area contributed by atoms with Gasteiger partial charge in [-0.1, -0.05) is 0 Å². The van der Waals surface area contributed by atoms with Gasteiger partial charge in [-0.05, 0) is 31.7 Å². The predicted octanol–water partition coefficient (Wildman–Crippen LogP) is 1.96. The van der Waals surface area contributed by atoms with Crippen molar-refractivity contribution in [3.8, 4) is 0 Å². The van der Waals surface area contributed by atoms with Crippen LogP contribution in [0.5, 0.6) is 0 Å². The number of nitrogens with zero attached hydrogens (tertiary/aromatic N) is 3. The molecule has 1 saturated heterocycles. The summed E-state index contributed by atoms with van der Waals surface area (Å²) < 4.78 is 1.12. The molecule has 1 aliphatic heterocycles. The Morgan fingerprint density at radius 3 is 2.90 bits per heavy atom. The lowest BCUT2D eigenvalue weighted by atomic mass is 9.99. The van der Waals surface area contributed by atoms with Gasteiger partial charge in [-0.25, -0.2) is 9.97 Å². The third kappa shape index (κ3) is 2.24. The van der Waals surface area contributed by atoms with Crippen LogP contribution in [0.1, 0.15) is 19.4 Å². The number of amides is 1. The second-order valence-corrected chi connectivity index (χ2v) is 6.44. The Morgan fingerprint density at radius 1 is 1.45 bits per heavy atom. The van der Waals surface area contributed by atoms with E-state index in [0.29, 0.717) is 0 Å². The van der Waals surface area contributed by atoms with Crippen LogP contribution in [0.3, 0.4) is 0 Å². The molecule has 0 aromatic carbocycles. The number of carbonyl (C=O) groups excluding carboxylic acids is 1. The largest absolute Gasteiger partial charge is 0.354 e. The molecule has 1 aliphatic rings. The van der Waals surface area contributed by atoms with Crippen molar-refractivity contribution < 1.29 is 4.79 Å². The summed E-state index contributed by atoms with van der Waals surface area (Å²) in [7, 11) is 0. The minimum absolute atomic E-state index is 0.0727. The van der Waals surface area contributed by atoms with Crippen LogP contribution in [0, 0.1) is 12.8 Å². The zero-order chi connectivity index (χ0) is 14.3. The van der Waals surface area contributed by atoms with Gasteiger partial charge in [0.15, 0.2) is 0 Å². The van der Waals surface area contributed by atoms with Crippen LogP contribution in [0.15, 0.2) is 11.7 Å². The lowest BCUT2D eigenvalue weighted by Gasteiger charge is -2.39. The van der Waals surface area contributed by atoms with E-state index in [1.807, 2.05) is 13.8 Å². The van der Waals surface area contributed by atoms with Crippen molar-refractivity contribution in [3.05, 3.63) is 17.3 Å². The van der Waals surface area contributed by atoms with Crippen LogP contribution in [-0.4, -0.2) is 35.0 Å². The number of aryl methyl sites for hydroxylation is 1. The average Bonchev–Trinajstić information content (AvgIpc) is 2.69. The minimum atomic E-state index is 0.0727. The molecule has 6 heteroatoms. The molecule has 0 unspecified atom stereocenters. The van der Waals surface area contributed by atoms with Crippen molar-refractivity contribution in [2.75, 3.05) is 18.0 Å². The molecule has 1 fully saturated rings. The first-order valence-corrected chi connectivity index (χ1v) is 7.68. The Morgan fingerprint density at radius 2 is 2.20 bits per heavy atom. The maximum atomic E-state index is 11.9. The standard InChI is InChI=1S/C14H18N4OS/c1-8(2)17-14(19)10-4-18(5-10)13-12-11(15-7-16-13)9(3)6-20-12/h6-8,10H,4-5H2,1-3H3,(H,17,19). The number of thiophene rings is 1. The van der Waals surface area contributed by atoms with Gasteiger partial charge in [-0.15, -0.1) is 11.3 Å². The van der Waals surface area contributed by atoms with Crippen molar-refractivity contribution in [2.24, 2.45) is 5.92 Å². The highest BCUT2D eigenvalue weighted by Gasteiger charge is 2.34. The van der Waals surface area contributed by atoms with Gasteiger partial charge in [-0.2, -0.15) is 0 Å². The fourth-order valence-electron chi connectivity index (χ4n) is 2.40. The number of carbonyl (C=O) groups is 1. The fraction of sp³-hybridized carbons (Fsp3) is 0.500. The molecule has 5 nitrogen and oxygen atoms in total. The highest BCUT2D eigenvalue weighted by molar-refractivity contribution is 7.18. The molecule has 2 aromatic rings. The minimum Gasteiger partial charge on any atom is -0.354 e. The third-order valence-electron chi connectivity index (χ3n) is 3.49. The van der Waals surface area contributed by atoms with Crippen LogP contribution in [0.4, 0.5) is 5.82 Å². The topological polar surface area (TPSA) is 58.1 Å². The summed E-state index contributed by atoms with van der Waals surface area (Å²) in [4.78, 5) is 22.8. The van der Waals surface area contributed by atoms with Gasteiger partial charge in [0.1, 0.15) is 12.1 Å². The fourth-order valence-corrected chi connectivity index (χ4v) is 3.42. The van der Waals surface area contributed by atoms with E-state index in [-0.39, 0.29) is 17.9 Å². The number of nitrogens with one attached hydrogen (secondary N) is 1. The Bertz CT molecular complexity index is 646. The zero-order valence-electron chi connectivity index (χ0n) is 11.9. The van der Waals surface area contributed by atoms with Crippen LogP contribution in [-0.2, 0) is 4.79 Å². The summed E-state index contributed by atoms with van der Waals surface area (Å²) in [5, 5.41) is 5.06. The van der Waals surface area contributed by atoms with Gasteiger partial charge in [0.2, 0.25) is 5.91 Å². The van der Waals surface area contributed by atoms with Gasteiger partial charge in [0, 0.05) is 19.1 Å².